The molecule has 58 valence electrons. The highest BCUT2D eigenvalue weighted by molar-refractivity contribution is 5.77. The van der Waals surface area contributed by atoms with Gasteiger partial charge in [-0.1, -0.05) is 6.92 Å². The van der Waals surface area contributed by atoms with Crippen molar-refractivity contribution >= 4 is 5.90 Å². The van der Waals surface area contributed by atoms with Gasteiger partial charge < -0.3 is 10.5 Å². The van der Waals surface area contributed by atoms with E-state index < -0.39 is 0 Å². The molecule has 0 aromatic rings. The average molecular weight is 142 g/mol. The zero-order chi connectivity index (χ0) is 7.40. The predicted molar refractivity (Wildman–Crippen MR) is 41.1 cm³/mol. The number of rotatable bonds is 3. The molecule has 3 nitrogen and oxygen atoms in total. The van der Waals surface area contributed by atoms with Gasteiger partial charge in [-0.3, -0.25) is 0 Å². The van der Waals surface area contributed by atoms with Gasteiger partial charge in [0.1, 0.15) is 6.61 Å². The lowest BCUT2D eigenvalue weighted by Crippen LogP contribution is -2.12. The van der Waals surface area contributed by atoms with Crippen LogP contribution in [0.3, 0.4) is 0 Å². The molecule has 3 heteroatoms. The first kappa shape index (κ1) is 7.54. The number of hydrogen-bond acceptors (Lipinski definition) is 3. The van der Waals surface area contributed by atoms with Gasteiger partial charge in [0.25, 0.3) is 0 Å². The number of aliphatic imine (C=N–C) groups is 1. The van der Waals surface area contributed by atoms with E-state index in [1.165, 1.54) is 0 Å². The zero-order valence-corrected chi connectivity index (χ0v) is 6.34. The Bertz CT molecular complexity index is 134. The van der Waals surface area contributed by atoms with Crippen LogP contribution < -0.4 is 5.73 Å². The molecule has 1 unspecified atom stereocenters. The minimum absolute atomic E-state index is 0.333. The summed E-state index contributed by atoms with van der Waals surface area (Å²) in [6.07, 6.45) is 1.85. The van der Waals surface area contributed by atoms with Crippen molar-refractivity contribution in [3.63, 3.8) is 0 Å². The molecule has 0 amide bonds. The molecule has 0 spiro atoms. The Morgan fingerprint density at radius 2 is 2.60 bits per heavy atom. The van der Waals surface area contributed by atoms with Crippen molar-refractivity contribution in [3.05, 3.63) is 0 Å². The van der Waals surface area contributed by atoms with E-state index >= 15 is 0 Å². The van der Waals surface area contributed by atoms with Gasteiger partial charge in [0.15, 0.2) is 5.90 Å². The molecule has 1 rings (SSSR count). The highest BCUT2D eigenvalue weighted by atomic mass is 16.5. The summed E-state index contributed by atoms with van der Waals surface area (Å²) in [6.45, 7) is 3.48. The molecular weight excluding hydrogens is 128 g/mol. The lowest BCUT2D eigenvalue weighted by Gasteiger charge is -1.99. The third-order valence-electron chi connectivity index (χ3n) is 1.57. The monoisotopic (exact) mass is 142 g/mol. The van der Waals surface area contributed by atoms with Crippen LogP contribution in [0, 0.1) is 0 Å². The maximum absolute atomic E-state index is 5.37. The second-order valence-electron chi connectivity index (χ2n) is 2.42. The van der Waals surface area contributed by atoms with E-state index in [9.17, 15) is 0 Å². The van der Waals surface area contributed by atoms with E-state index in [0.717, 1.165) is 25.3 Å². The molecule has 1 aliphatic heterocycles. The fourth-order valence-electron chi connectivity index (χ4n) is 1.00. The van der Waals surface area contributed by atoms with Crippen LogP contribution in [-0.4, -0.2) is 25.1 Å². The van der Waals surface area contributed by atoms with Crippen molar-refractivity contribution in [1.29, 1.82) is 0 Å². The molecule has 0 bridgehead atoms. The number of ether oxygens (including phenoxy) is 1. The maximum atomic E-state index is 5.37. The van der Waals surface area contributed by atoms with Crippen LogP contribution in [0.5, 0.6) is 0 Å². The van der Waals surface area contributed by atoms with Crippen LogP contribution in [0.4, 0.5) is 0 Å². The molecule has 0 aromatic heterocycles. The van der Waals surface area contributed by atoms with E-state index in [2.05, 4.69) is 4.99 Å². The van der Waals surface area contributed by atoms with Gasteiger partial charge in [-0.25, -0.2) is 4.99 Å². The summed E-state index contributed by atoms with van der Waals surface area (Å²) in [5, 5.41) is 0. The van der Waals surface area contributed by atoms with E-state index in [4.69, 9.17) is 10.5 Å². The molecule has 0 saturated carbocycles. The van der Waals surface area contributed by atoms with Gasteiger partial charge in [-0.2, -0.15) is 0 Å². The van der Waals surface area contributed by atoms with Crippen LogP contribution in [0.1, 0.15) is 19.8 Å². The van der Waals surface area contributed by atoms with Gasteiger partial charge in [0.2, 0.25) is 0 Å². The van der Waals surface area contributed by atoms with Gasteiger partial charge in [0.05, 0.1) is 6.04 Å². The van der Waals surface area contributed by atoms with E-state index in [0.29, 0.717) is 12.6 Å². The molecule has 1 aliphatic rings. The lowest BCUT2D eigenvalue weighted by atomic mass is 10.2. The Morgan fingerprint density at radius 1 is 1.80 bits per heavy atom. The first-order chi connectivity index (χ1) is 4.86. The Labute approximate surface area is 61.3 Å². The minimum Gasteiger partial charge on any atom is -0.479 e. The van der Waals surface area contributed by atoms with Crippen LogP contribution in [0.2, 0.25) is 0 Å². The first-order valence-corrected chi connectivity index (χ1v) is 3.76. The molecule has 0 saturated heterocycles. The summed E-state index contributed by atoms with van der Waals surface area (Å²) in [5.41, 5.74) is 5.37. The van der Waals surface area contributed by atoms with Gasteiger partial charge in [-0.05, 0) is 13.0 Å². The first-order valence-electron chi connectivity index (χ1n) is 3.76. The van der Waals surface area contributed by atoms with Crippen molar-refractivity contribution < 1.29 is 4.74 Å². The molecule has 0 radical (unpaired) electrons. The van der Waals surface area contributed by atoms with Crippen LogP contribution in [-0.2, 0) is 4.74 Å². The topological polar surface area (TPSA) is 47.6 Å². The summed E-state index contributed by atoms with van der Waals surface area (Å²) in [4.78, 5) is 4.31. The van der Waals surface area contributed by atoms with Crippen molar-refractivity contribution in [2.75, 3.05) is 13.2 Å². The smallest absolute Gasteiger partial charge is 0.183 e. The highest BCUT2D eigenvalue weighted by Crippen LogP contribution is 2.08. The molecule has 10 heavy (non-hydrogen) atoms. The average Bonchev–Trinajstić information content (AvgIpc) is 2.37. The number of hydrogen-bond donors (Lipinski definition) is 1. The van der Waals surface area contributed by atoms with Gasteiger partial charge >= 0.3 is 0 Å². The third-order valence-corrected chi connectivity index (χ3v) is 1.57. The fourth-order valence-corrected chi connectivity index (χ4v) is 1.00. The number of nitrogens with two attached hydrogens (primary N) is 1. The van der Waals surface area contributed by atoms with Crippen molar-refractivity contribution in [1.82, 2.24) is 0 Å². The van der Waals surface area contributed by atoms with Gasteiger partial charge in [-0.15, -0.1) is 0 Å². The largest absolute Gasteiger partial charge is 0.479 e. The molecular formula is C7H14N2O. The molecule has 0 aliphatic carbocycles. The molecule has 1 heterocycles. The molecule has 1 atom stereocenters. The normalized spacial score (nSPS) is 24.2. The van der Waals surface area contributed by atoms with Crippen LogP contribution >= 0.6 is 0 Å². The Morgan fingerprint density at radius 3 is 3.10 bits per heavy atom. The van der Waals surface area contributed by atoms with Gasteiger partial charge in [0, 0.05) is 6.42 Å². The summed E-state index contributed by atoms with van der Waals surface area (Å²) >= 11 is 0. The minimum atomic E-state index is 0.333. The molecule has 2 N–H and O–H groups in total. The van der Waals surface area contributed by atoms with Crippen LogP contribution in [0.25, 0.3) is 0 Å². The standard InChI is InChI=1S/C7H14N2O/c1-2-7-9-6(3-4-8)5-10-7/h6H,2-5,8H2,1H3. The summed E-state index contributed by atoms with van der Waals surface area (Å²) < 4.78 is 5.26. The van der Waals surface area contributed by atoms with Crippen molar-refractivity contribution in [3.8, 4) is 0 Å². The second-order valence-corrected chi connectivity index (χ2v) is 2.42. The van der Waals surface area contributed by atoms with E-state index in [1.807, 2.05) is 6.92 Å². The Balaban J connectivity index is 2.32. The SMILES string of the molecule is CCC1=NC(CCN)CO1. The zero-order valence-electron chi connectivity index (χ0n) is 6.34. The van der Waals surface area contributed by atoms with Crippen molar-refractivity contribution in [2.45, 2.75) is 25.8 Å². The lowest BCUT2D eigenvalue weighted by molar-refractivity contribution is 0.307. The molecule has 0 fully saturated rings. The summed E-state index contributed by atoms with van der Waals surface area (Å²) in [6, 6.07) is 0.333. The Hall–Kier alpha value is -0.570. The maximum Gasteiger partial charge on any atom is 0.183 e. The highest BCUT2D eigenvalue weighted by Gasteiger charge is 2.15. The second kappa shape index (κ2) is 3.56. The summed E-state index contributed by atoms with van der Waals surface area (Å²) in [7, 11) is 0. The predicted octanol–water partition coefficient (Wildman–Crippen LogP) is 0.543. The quantitative estimate of drug-likeness (QED) is 0.625. The van der Waals surface area contributed by atoms with E-state index in [-0.39, 0.29) is 0 Å². The van der Waals surface area contributed by atoms with E-state index in [1.54, 1.807) is 0 Å². The third kappa shape index (κ3) is 1.70. The summed E-state index contributed by atoms with van der Waals surface area (Å²) in [5.74, 6) is 0.887. The fraction of sp³-hybridized carbons (Fsp3) is 0.857. The number of nitrogens with zero attached hydrogens (tertiary/aromatic N) is 1. The van der Waals surface area contributed by atoms with Crippen LogP contribution in [0.15, 0.2) is 4.99 Å². The Kier molecular flexibility index (Phi) is 2.68. The molecule has 0 aromatic carbocycles. The van der Waals surface area contributed by atoms with Crippen molar-refractivity contribution in [2.24, 2.45) is 10.7 Å².